The predicted octanol–water partition coefficient (Wildman–Crippen LogP) is 3.67. The first-order valence-electron chi connectivity index (χ1n) is 7.33. The van der Waals surface area contributed by atoms with Crippen LogP contribution in [0.3, 0.4) is 0 Å². The van der Waals surface area contributed by atoms with Crippen molar-refractivity contribution < 1.29 is 0 Å². The van der Waals surface area contributed by atoms with Crippen LogP contribution in [-0.4, -0.2) is 14.3 Å². The molecule has 3 aromatic heterocycles. The van der Waals surface area contributed by atoms with Gasteiger partial charge in [-0.05, 0) is 36.4 Å². The quantitative estimate of drug-likeness (QED) is 0.721. The molecule has 0 N–H and O–H groups in total. The molecule has 0 radical (unpaired) electrons. The third-order valence-corrected chi connectivity index (χ3v) is 4.79. The Balaban J connectivity index is 1.88. The van der Waals surface area contributed by atoms with Gasteiger partial charge in [0.05, 0.1) is 23.7 Å². The molecular weight excluding hydrogens is 282 g/mol. The Morgan fingerprint density at radius 3 is 2.76 bits per heavy atom. The molecule has 110 valence electrons. The summed E-state index contributed by atoms with van der Waals surface area (Å²) in [7, 11) is 0. The third kappa shape index (κ3) is 2.65. The van der Waals surface area contributed by atoms with Crippen molar-refractivity contribution in [2.75, 3.05) is 0 Å². The number of fused-ring (bicyclic) bond motifs is 1. The molecule has 0 atom stereocenters. The van der Waals surface area contributed by atoms with Gasteiger partial charge in [0.2, 0.25) is 0 Å². The maximum atomic E-state index is 12.4. The highest BCUT2D eigenvalue weighted by Gasteiger charge is 2.09. The number of nitrogens with zero attached hydrogens (tertiary/aromatic N) is 3. The van der Waals surface area contributed by atoms with E-state index in [1.54, 1.807) is 15.9 Å². The molecule has 0 amide bonds. The molecule has 0 saturated carbocycles. The zero-order valence-electron chi connectivity index (χ0n) is 12.3. The summed E-state index contributed by atoms with van der Waals surface area (Å²) in [6.07, 6.45) is 6.01. The van der Waals surface area contributed by atoms with Crippen LogP contribution in [0.25, 0.3) is 10.1 Å². The van der Waals surface area contributed by atoms with Gasteiger partial charge in [0, 0.05) is 17.1 Å². The first-order valence-corrected chi connectivity index (χ1v) is 8.21. The highest BCUT2D eigenvalue weighted by molar-refractivity contribution is 7.17. The molecular formula is C16H19N3OS. The number of hydrogen-bond acceptors (Lipinski definition) is 3. The van der Waals surface area contributed by atoms with E-state index in [0.29, 0.717) is 12.6 Å². The van der Waals surface area contributed by atoms with E-state index in [-0.39, 0.29) is 5.56 Å². The summed E-state index contributed by atoms with van der Waals surface area (Å²) < 4.78 is 4.79. The molecule has 0 unspecified atom stereocenters. The van der Waals surface area contributed by atoms with E-state index in [4.69, 9.17) is 0 Å². The lowest BCUT2D eigenvalue weighted by atomic mass is 10.2. The van der Waals surface area contributed by atoms with E-state index in [9.17, 15) is 4.79 Å². The van der Waals surface area contributed by atoms with Gasteiger partial charge >= 0.3 is 0 Å². The number of pyridine rings is 1. The van der Waals surface area contributed by atoms with Crippen LogP contribution in [0.1, 0.15) is 38.4 Å². The molecule has 4 nitrogen and oxygen atoms in total. The molecule has 0 aliphatic heterocycles. The van der Waals surface area contributed by atoms with Crippen molar-refractivity contribution in [2.24, 2.45) is 0 Å². The van der Waals surface area contributed by atoms with E-state index in [1.807, 2.05) is 40.7 Å². The number of thiophene rings is 1. The molecule has 3 aromatic rings. The fraction of sp³-hybridized carbons (Fsp3) is 0.375. The van der Waals surface area contributed by atoms with Crippen molar-refractivity contribution in [2.45, 2.75) is 39.3 Å². The lowest BCUT2D eigenvalue weighted by Crippen LogP contribution is -2.20. The van der Waals surface area contributed by atoms with Crippen LogP contribution in [0.5, 0.6) is 0 Å². The van der Waals surface area contributed by atoms with Gasteiger partial charge in [-0.2, -0.15) is 5.10 Å². The Hall–Kier alpha value is -1.88. The second-order valence-electron chi connectivity index (χ2n) is 5.20. The summed E-state index contributed by atoms with van der Waals surface area (Å²) in [5, 5.41) is 7.37. The van der Waals surface area contributed by atoms with E-state index >= 15 is 0 Å². The maximum Gasteiger partial charge on any atom is 0.259 e. The van der Waals surface area contributed by atoms with Gasteiger partial charge in [0.25, 0.3) is 5.56 Å². The summed E-state index contributed by atoms with van der Waals surface area (Å²) in [6.45, 7) is 4.87. The lowest BCUT2D eigenvalue weighted by molar-refractivity contribution is 0.424. The van der Waals surface area contributed by atoms with E-state index in [2.05, 4.69) is 18.9 Å². The van der Waals surface area contributed by atoms with E-state index in [1.165, 1.54) is 0 Å². The van der Waals surface area contributed by atoms with Gasteiger partial charge in [-0.25, -0.2) is 0 Å². The zero-order valence-corrected chi connectivity index (χ0v) is 13.1. The van der Waals surface area contributed by atoms with Crippen LogP contribution in [-0.2, 0) is 6.54 Å². The molecule has 0 fully saturated rings. The second-order valence-corrected chi connectivity index (χ2v) is 6.15. The summed E-state index contributed by atoms with van der Waals surface area (Å²) in [5.74, 6) is 0. The van der Waals surface area contributed by atoms with E-state index in [0.717, 1.165) is 28.6 Å². The average Bonchev–Trinajstić information content (AvgIpc) is 3.13. The highest BCUT2D eigenvalue weighted by Crippen LogP contribution is 2.17. The number of hydrogen-bond donors (Lipinski definition) is 0. The first kappa shape index (κ1) is 14.1. The van der Waals surface area contributed by atoms with Crippen LogP contribution in [0.4, 0.5) is 0 Å². The molecule has 0 aromatic carbocycles. The first-order chi connectivity index (χ1) is 10.2. The SMILES string of the molecule is CCC(CC)n1ccc(Cn2ccc3sccc3c2=O)n1. The normalized spacial score (nSPS) is 11.6. The van der Waals surface area contributed by atoms with Gasteiger partial charge in [0.15, 0.2) is 0 Å². The van der Waals surface area contributed by atoms with Crippen LogP contribution in [0, 0.1) is 0 Å². The number of rotatable bonds is 5. The summed E-state index contributed by atoms with van der Waals surface area (Å²) in [6, 6.07) is 6.33. The zero-order chi connectivity index (χ0) is 14.8. The molecule has 3 heterocycles. The monoisotopic (exact) mass is 301 g/mol. The molecule has 0 spiro atoms. The van der Waals surface area contributed by atoms with Crippen molar-refractivity contribution in [3.05, 3.63) is 52.0 Å². The Kier molecular flexibility index (Phi) is 3.92. The second kappa shape index (κ2) is 5.85. The Labute approximate surface area is 127 Å². The molecule has 5 heteroatoms. The minimum Gasteiger partial charge on any atom is -0.309 e. The highest BCUT2D eigenvalue weighted by atomic mass is 32.1. The summed E-state index contributed by atoms with van der Waals surface area (Å²) >= 11 is 1.60. The van der Waals surface area contributed by atoms with Crippen molar-refractivity contribution in [1.29, 1.82) is 0 Å². The Morgan fingerprint density at radius 2 is 2.00 bits per heavy atom. The van der Waals surface area contributed by atoms with Gasteiger partial charge in [-0.15, -0.1) is 11.3 Å². The third-order valence-electron chi connectivity index (χ3n) is 3.90. The number of aromatic nitrogens is 3. The van der Waals surface area contributed by atoms with Crippen LogP contribution < -0.4 is 5.56 Å². The van der Waals surface area contributed by atoms with Crippen molar-refractivity contribution >= 4 is 21.4 Å². The van der Waals surface area contributed by atoms with Gasteiger partial charge < -0.3 is 4.57 Å². The van der Waals surface area contributed by atoms with Crippen LogP contribution in [0.15, 0.2) is 40.8 Å². The average molecular weight is 301 g/mol. The Bertz CT molecular complexity index is 795. The fourth-order valence-corrected chi connectivity index (χ4v) is 3.41. The van der Waals surface area contributed by atoms with Crippen LogP contribution >= 0.6 is 11.3 Å². The summed E-state index contributed by atoms with van der Waals surface area (Å²) in [5.41, 5.74) is 0.990. The standard InChI is InChI=1S/C16H19N3OS/c1-3-13(4-2)19-9-5-12(17-19)11-18-8-6-15-14(16(18)20)7-10-21-15/h5-10,13H,3-4,11H2,1-2H3. The molecule has 0 saturated heterocycles. The van der Waals surface area contributed by atoms with Gasteiger partial charge in [0.1, 0.15) is 0 Å². The van der Waals surface area contributed by atoms with E-state index < -0.39 is 0 Å². The lowest BCUT2D eigenvalue weighted by Gasteiger charge is -2.12. The molecule has 0 bridgehead atoms. The van der Waals surface area contributed by atoms with Crippen molar-refractivity contribution in [3.8, 4) is 0 Å². The maximum absolute atomic E-state index is 12.4. The Morgan fingerprint density at radius 1 is 1.19 bits per heavy atom. The minimum absolute atomic E-state index is 0.0610. The molecule has 3 rings (SSSR count). The van der Waals surface area contributed by atoms with Crippen molar-refractivity contribution in [1.82, 2.24) is 14.3 Å². The summed E-state index contributed by atoms with van der Waals surface area (Å²) in [4.78, 5) is 12.4. The van der Waals surface area contributed by atoms with Crippen LogP contribution in [0.2, 0.25) is 0 Å². The fourth-order valence-electron chi connectivity index (χ4n) is 2.63. The predicted molar refractivity (Wildman–Crippen MR) is 87.0 cm³/mol. The molecule has 0 aliphatic carbocycles. The van der Waals surface area contributed by atoms with Gasteiger partial charge in [-0.3, -0.25) is 9.48 Å². The molecule has 21 heavy (non-hydrogen) atoms. The molecule has 0 aliphatic rings. The topological polar surface area (TPSA) is 39.8 Å². The minimum atomic E-state index is 0.0610. The smallest absolute Gasteiger partial charge is 0.259 e. The van der Waals surface area contributed by atoms with Crippen molar-refractivity contribution in [3.63, 3.8) is 0 Å². The van der Waals surface area contributed by atoms with Gasteiger partial charge in [-0.1, -0.05) is 13.8 Å². The largest absolute Gasteiger partial charge is 0.309 e.